The number of imidazole rings is 1. The fourth-order valence-electron chi connectivity index (χ4n) is 5.15. The molecule has 0 unspecified atom stereocenters. The number of hydrogen-bond donors (Lipinski definition) is 0. The molecule has 1 amide bonds. The van der Waals surface area contributed by atoms with Crippen LogP contribution in [0.5, 0.6) is 0 Å². The second-order valence-corrected chi connectivity index (χ2v) is 9.34. The minimum absolute atomic E-state index is 0.235. The van der Waals surface area contributed by atoms with E-state index in [1.807, 2.05) is 12.4 Å². The number of carbonyl (C=O) groups excluding carboxylic acids is 1. The van der Waals surface area contributed by atoms with E-state index in [9.17, 15) is 4.79 Å². The molecule has 4 nitrogen and oxygen atoms in total. The topological polar surface area (TPSA) is 38.1 Å². The molecule has 0 N–H and O–H groups in total. The fourth-order valence-corrected chi connectivity index (χ4v) is 6.13. The summed E-state index contributed by atoms with van der Waals surface area (Å²) >= 11 is 1.76. The van der Waals surface area contributed by atoms with Crippen molar-refractivity contribution in [2.45, 2.75) is 50.5 Å². The summed E-state index contributed by atoms with van der Waals surface area (Å²) < 4.78 is 2.28. The predicted molar refractivity (Wildman–Crippen MR) is 114 cm³/mol. The molecule has 5 rings (SSSR count). The van der Waals surface area contributed by atoms with Gasteiger partial charge >= 0.3 is 0 Å². The van der Waals surface area contributed by atoms with Gasteiger partial charge in [0.1, 0.15) is 0 Å². The van der Waals surface area contributed by atoms with Crippen LogP contribution in [0.2, 0.25) is 0 Å². The maximum Gasteiger partial charge on any atom is 0.234 e. The maximum atomic E-state index is 13.5. The first-order chi connectivity index (χ1) is 13.8. The molecule has 0 atom stereocenters. The highest BCUT2D eigenvalue weighted by Crippen LogP contribution is 2.45. The minimum atomic E-state index is -0.235. The predicted octanol–water partition coefficient (Wildman–Crippen LogP) is 4.85. The van der Waals surface area contributed by atoms with E-state index in [1.165, 1.54) is 23.2 Å². The summed E-state index contributed by atoms with van der Waals surface area (Å²) in [7, 11) is 0. The molecule has 3 aromatic rings. The Balaban J connectivity index is 1.26. The first kappa shape index (κ1) is 17.9. The van der Waals surface area contributed by atoms with Crippen molar-refractivity contribution in [1.29, 1.82) is 0 Å². The Morgan fingerprint density at radius 1 is 1.11 bits per heavy atom. The van der Waals surface area contributed by atoms with Gasteiger partial charge in [0.05, 0.1) is 22.8 Å². The van der Waals surface area contributed by atoms with E-state index >= 15 is 0 Å². The Kier molecular flexibility index (Phi) is 4.71. The average molecular weight is 394 g/mol. The van der Waals surface area contributed by atoms with Gasteiger partial charge in [0.25, 0.3) is 0 Å². The molecule has 1 aromatic carbocycles. The number of carbonyl (C=O) groups is 1. The van der Waals surface area contributed by atoms with Crippen LogP contribution in [0.15, 0.2) is 48.1 Å². The quantitative estimate of drug-likeness (QED) is 0.636. The van der Waals surface area contributed by atoms with Gasteiger partial charge in [-0.15, -0.1) is 11.3 Å². The molecule has 0 bridgehead atoms. The number of fused-ring (bicyclic) bond motifs is 1. The number of benzene rings is 1. The lowest BCUT2D eigenvalue weighted by molar-refractivity contribution is -0.138. The molecule has 3 heterocycles. The first-order valence-electron chi connectivity index (χ1n) is 10.5. The normalized spacial score (nSPS) is 20.1. The smallest absolute Gasteiger partial charge is 0.234 e. The van der Waals surface area contributed by atoms with Crippen molar-refractivity contribution in [2.24, 2.45) is 5.92 Å². The number of hydrogen-bond acceptors (Lipinski definition) is 3. The summed E-state index contributed by atoms with van der Waals surface area (Å²) in [6.07, 6.45) is 8.52. The van der Waals surface area contributed by atoms with Crippen LogP contribution in [0.4, 0.5) is 0 Å². The standard InChI is InChI=1S/C23H27N3OS/c27-22(23(11-3-4-12-23)21-8-5-15-28-21)25-13-9-18(10-14-25)16-26-17-24-19-6-1-2-7-20(19)26/h1-2,5-8,15,17-18H,3-4,9-14,16H2. The van der Waals surface area contributed by atoms with Crippen LogP contribution in [-0.4, -0.2) is 33.4 Å². The molecule has 1 aliphatic heterocycles. The van der Waals surface area contributed by atoms with Gasteiger partial charge in [0, 0.05) is 24.5 Å². The number of para-hydroxylation sites is 2. The first-order valence-corrected chi connectivity index (χ1v) is 11.4. The molecule has 2 aromatic heterocycles. The Morgan fingerprint density at radius 2 is 1.89 bits per heavy atom. The molecule has 2 fully saturated rings. The Bertz CT molecular complexity index is 947. The zero-order valence-electron chi connectivity index (χ0n) is 16.2. The van der Waals surface area contributed by atoms with Crippen LogP contribution in [0, 0.1) is 5.92 Å². The van der Waals surface area contributed by atoms with E-state index in [1.54, 1.807) is 11.3 Å². The third-order valence-corrected chi connectivity index (χ3v) is 7.82. The number of likely N-dealkylation sites (tertiary alicyclic amines) is 1. The van der Waals surface area contributed by atoms with Crippen molar-refractivity contribution in [3.63, 3.8) is 0 Å². The Labute approximate surface area is 170 Å². The van der Waals surface area contributed by atoms with E-state index < -0.39 is 0 Å². The van der Waals surface area contributed by atoms with Crippen molar-refractivity contribution >= 4 is 28.3 Å². The minimum Gasteiger partial charge on any atom is -0.342 e. The number of nitrogens with zero attached hydrogens (tertiary/aromatic N) is 3. The molecular weight excluding hydrogens is 366 g/mol. The van der Waals surface area contributed by atoms with Crippen molar-refractivity contribution in [3.8, 4) is 0 Å². The van der Waals surface area contributed by atoms with Crippen LogP contribution in [0.1, 0.15) is 43.4 Å². The highest BCUT2D eigenvalue weighted by Gasteiger charge is 2.46. The molecule has 1 saturated heterocycles. The number of rotatable bonds is 4. The third kappa shape index (κ3) is 3.06. The van der Waals surface area contributed by atoms with Crippen LogP contribution in [0.3, 0.4) is 0 Å². The second kappa shape index (κ2) is 7.36. The summed E-state index contributed by atoms with van der Waals surface area (Å²) in [5.74, 6) is 1.00. The van der Waals surface area contributed by atoms with Gasteiger partial charge in [-0.25, -0.2) is 4.98 Å². The Morgan fingerprint density at radius 3 is 2.64 bits per heavy atom. The molecule has 5 heteroatoms. The lowest BCUT2D eigenvalue weighted by Crippen LogP contribution is -2.48. The monoisotopic (exact) mass is 393 g/mol. The van der Waals surface area contributed by atoms with Gasteiger partial charge < -0.3 is 9.47 Å². The number of thiophene rings is 1. The van der Waals surface area contributed by atoms with Crippen LogP contribution < -0.4 is 0 Å². The van der Waals surface area contributed by atoms with Crippen molar-refractivity contribution in [1.82, 2.24) is 14.5 Å². The zero-order valence-corrected chi connectivity index (χ0v) is 17.0. The lowest BCUT2D eigenvalue weighted by atomic mass is 9.82. The van der Waals surface area contributed by atoms with Gasteiger partial charge in [-0.05, 0) is 55.2 Å². The summed E-state index contributed by atoms with van der Waals surface area (Å²) in [4.78, 5) is 21.5. The molecule has 28 heavy (non-hydrogen) atoms. The van der Waals surface area contributed by atoms with E-state index in [4.69, 9.17) is 0 Å². The number of amides is 1. The SMILES string of the molecule is O=C(N1CCC(Cn2cnc3ccccc32)CC1)C1(c2cccs2)CCCC1. The summed E-state index contributed by atoms with van der Waals surface area (Å²) in [6.45, 7) is 2.78. The van der Waals surface area contributed by atoms with Gasteiger partial charge in [-0.3, -0.25) is 4.79 Å². The number of aromatic nitrogens is 2. The molecule has 146 valence electrons. The summed E-state index contributed by atoms with van der Waals surface area (Å²) in [5, 5.41) is 2.12. The summed E-state index contributed by atoms with van der Waals surface area (Å²) in [5.41, 5.74) is 2.04. The average Bonchev–Trinajstić information content (AvgIpc) is 3.49. The van der Waals surface area contributed by atoms with E-state index in [0.29, 0.717) is 11.8 Å². The lowest BCUT2D eigenvalue weighted by Gasteiger charge is -2.38. The van der Waals surface area contributed by atoms with Gasteiger partial charge in [-0.2, -0.15) is 0 Å². The van der Waals surface area contributed by atoms with Gasteiger partial charge in [0.2, 0.25) is 5.91 Å². The van der Waals surface area contributed by atoms with Gasteiger partial charge in [-0.1, -0.05) is 31.0 Å². The van der Waals surface area contributed by atoms with Crippen LogP contribution >= 0.6 is 11.3 Å². The second-order valence-electron chi connectivity index (χ2n) is 8.39. The van der Waals surface area contributed by atoms with E-state index in [-0.39, 0.29) is 5.41 Å². The van der Waals surface area contributed by atoms with Crippen molar-refractivity contribution in [2.75, 3.05) is 13.1 Å². The number of piperidine rings is 1. The van der Waals surface area contributed by atoms with Crippen molar-refractivity contribution < 1.29 is 4.79 Å². The third-order valence-electron chi connectivity index (χ3n) is 6.74. The Hall–Kier alpha value is -2.14. The molecule has 1 aliphatic carbocycles. The molecule has 0 spiro atoms. The van der Waals surface area contributed by atoms with E-state index in [0.717, 1.165) is 50.8 Å². The highest BCUT2D eigenvalue weighted by molar-refractivity contribution is 7.10. The zero-order chi connectivity index (χ0) is 19.0. The molecule has 1 saturated carbocycles. The summed E-state index contributed by atoms with van der Waals surface area (Å²) in [6, 6.07) is 12.6. The van der Waals surface area contributed by atoms with Crippen LogP contribution in [0.25, 0.3) is 11.0 Å². The molecule has 2 aliphatic rings. The largest absolute Gasteiger partial charge is 0.342 e. The highest BCUT2D eigenvalue weighted by atomic mass is 32.1. The molecule has 0 radical (unpaired) electrons. The van der Waals surface area contributed by atoms with Crippen molar-refractivity contribution in [3.05, 3.63) is 53.0 Å². The van der Waals surface area contributed by atoms with Gasteiger partial charge in [0.15, 0.2) is 0 Å². The van der Waals surface area contributed by atoms with E-state index in [2.05, 4.69) is 50.2 Å². The van der Waals surface area contributed by atoms with Crippen LogP contribution in [-0.2, 0) is 16.8 Å². The maximum absolute atomic E-state index is 13.5. The molecular formula is C23H27N3OS. The fraction of sp³-hybridized carbons (Fsp3) is 0.478.